The van der Waals surface area contributed by atoms with Crippen molar-refractivity contribution in [1.29, 1.82) is 0 Å². The highest BCUT2D eigenvalue weighted by Crippen LogP contribution is 2.36. The maximum Gasteiger partial charge on any atom is 0.0545 e. The summed E-state index contributed by atoms with van der Waals surface area (Å²) in [6.45, 7) is 2.15. The third-order valence-electron chi connectivity index (χ3n) is 5.40. The predicted molar refractivity (Wildman–Crippen MR) is 107 cm³/mol. The second-order valence-corrected chi connectivity index (χ2v) is 6.92. The highest BCUT2D eigenvalue weighted by molar-refractivity contribution is 6.24. The molecule has 2 N–H and O–H groups in total. The molecular formula is C23H16N2. The normalized spacial score (nSPS) is 12.2. The molecular weight excluding hydrogens is 304 g/mol. The van der Waals surface area contributed by atoms with Gasteiger partial charge in [0.25, 0.3) is 0 Å². The Labute approximate surface area is 144 Å². The van der Waals surface area contributed by atoms with Gasteiger partial charge in [0.1, 0.15) is 0 Å². The van der Waals surface area contributed by atoms with Crippen molar-refractivity contribution >= 4 is 54.4 Å². The van der Waals surface area contributed by atoms with Gasteiger partial charge in [-0.2, -0.15) is 0 Å². The highest BCUT2D eigenvalue weighted by Gasteiger charge is 2.12. The molecule has 4 aromatic carbocycles. The molecule has 0 fully saturated rings. The van der Waals surface area contributed by atoms with E-state index in [4.69, 9.17) is 0 Å². The van der Waals surface area contributed by atoms with Crippen molar-refractivity contribution in [3.63, 3.8) is 0 Å². The van der Waals surface area contributed by atoms with Crippen LogP contribution in [-0.2, 0) is 0 Å². The molecule has 0 radical (unpaired) electrons. The number of hydrogen-bond acceptors (Lipinski definition) is 0. The Morgan fingerprint density at radius 2 is 1.08 bits per heavy atom. The van der Waals surface area contributed by atoms with Gasteiger partial charge in [-0.3, -0.25) is 0 Å². The standard InChI is InChI=1S/C23H16N2/c1-13-6-11-21-19(12-13)18-10-9-16-17(23(18)25-21)8-7-15-14-4-2-3-5-20(14)24-22(15)16/h2-12,24-25H,1H3. The number of aromatic amines is 2. The Morgan fingerprint density at radius 1 is 0.520 bits per heavy atom. The molecule has 0 saturated heterocycles. The van der Waals surface area contributed by atoms with Crippen LogP contribution in [0.4, 0.5) is 0 Å². The molecule has 0 spiro atoms. The number of aromatic nitrogens is 2. The molecule has 0 atom stereocenters. The van der Waals surface area contributed by atoms with Crippen LogP contribution in [0.5, 0.6) is 0 Å². The minimum absolute atomic E-state index is 1.19. The average Bonchev–Trinajstić information content (AvgIpc) is 3.19. The summed E-state index contributed by atoms with van der Waals surface area (Å²) in [5.41, 5.74) is 6.12. The fourth-order valence-electron chi connectivity index (χ4n) is 4.21. The molecule has 2 heteroatoms. The van der Waals surface area contributed by atoms with E-state index in [-0.39, 0.29) is 0 Å². The highest BCUT2D eigenvalue weighted by atomic mass is 14.7. The molecule has 2 aromatic heterocycles. The van der Waals surface area contributed by atoms with E-state index in [0.29, 0.717) is 0 Å². The first-order chi connectivity index (χ1) is 12.3. The van der Waals surface area contributed by atoms with Crippen LogP contribution in [0.2, 0.25) is 0 Å². The van der Waals surface area contributed by atoms with Crippen LogP contribution >= 0.6 is 0 Å². The Kier molecular flexibility index (Phi) is 2.31. The van der Waals surface area contributed by atoms with Crippen molar-refractivity contribution in [1.82, 2.24) is 9.97 Å². The smallest absolute Gasteiger partial charge is 0.0545 e. The molecule has 2 heterocycles. The van der Waals surface area contributed by atoms with E-state index >= 15 is 0 Å². The van der Waals surface area contributed by atoms with Crippen LogP contribution in [0.15, 0.2) is 66.7 Å². The van der Waals surface area contributed by atoms with Gasteiger partial charge in [-0.25, -0.2) is 0 Å². The number of rotatable bonds is 0. The predicted octanol–water partition coefficient (Wildman–Crippen LogP) is 6.42. The average molecular weight is 320 g/mol. The summed E-state index contributed by atoms with van der Waals surface area (Å²) in [5, 5.41) is 7.70. The number of fused-ring (bicyclic) bond motifs is 9. The number of hydrogen-bond donors (Lipinski definition) is 2. The van der Waals surface area contributed by atoms with Crippen LogP contribution in [-0.4, -0.2) is 9.97 Å². The number of H-pyrrole nitrogens is 2. The molecule has 0 aliphatic carbocycles. The summed E-state index contributed by atoms with van der Waals surface area (Å²) < 4.78 is 0. The van der Waals surface area contributed by atoms with Crippen molar-refractivity contribution in [2.45, 2.75) is 6.92 Å². The Hall–Kier alpha value is -3.26. The van der Waals surface area contributed by atoms with Gasteiger partial charge in [0.2, 0.25) is 0 Å². The third-order valence-corrected chi connectivity index (χ3v) is 5.40. The first-order valence-corrected chi connectivity index (χ1v) is 8.64. The summed E-state index contributed by atoms with van der Waals surface area (Å²) in [5.74, 6) is 0. The molecule has 6 rings (SSSR count). The summed E-state index contributed by atoms with van der Waals surface area (Å²) in [4.78, 5) is 7.25. The zero-order valence-corrected chi connectivity index (χ0v) is 13.9. The lowest BCUT2D eigenvalue weighted by molar-refractivity contribution is 1.49. The SMILES string of the molecule is Cc1ccc2[nH]c3c(ccc4c3ccc3c5ccccc5[nH]c34)c2c1. The number of benzene rings is 4. The summed E-state index contributed by atoms with van der Waals surface area (Å²) in [6, 6.07) is 24.1. The van der Waals surface area contributed by atoms with Crippen LogP contribution in [0.25, 0.3) is 54.4 Å². The number of para-hydroxylation sites is 1. The van der Waals surface area contributed by atoms with Gasteiger partial charge < -0.3 is 9.97 Å². The van der Waals surface area contributed by atoms with Crippen molar-refractivity contribution in [2.75, 3.05) is 0 Å². The van der Waals surface area contributed by atoms with Crippen molar-refractivity contribution in [3.05, 3.63) is 72.3 Å². The monoisotopic (exact) mass is 320 g/mol. The largest absolute Gasteiger partial charge is 0.354 e. The maximum absolute atomic E-state index is 3.63. The lowest BCUT2D eigenvalue weighted by Gasteiger charge is -2.02. The quantitative estimate of drug-likeness (QED) is 0.324. The number of aryl methyl sites for hydroxylation is 1. The van der Waals surface area contributed by atoms with Gasteiger partial charge in [0.15, 0.2) is 0 Å². The van der Waals surface area contributed by atoms with Crippen molar-refractivity contribution in [2.24, 2.45) is 0 Å². The number of nitrogens with one attached hydrogen (secondary N) is 2. The molecule has 0 aliphatic rings. The molecule has 2 nitrogen and oxygen atoms in total. The molecule has 0 bridgehead atoms. The fourth-order valence-corrected chi connectivity index (χ4v) is 4.21. The molecule has 25 heavy (non-hydrogen) atoms. The lowest BCUT2D eigenvalue weighted by atomic mass is 10.0. The topological polar surface area (TPSA) is 31.6 Å². The maximum atomic E-state index is 3.63. The van der Waals surface area contributed by atoms with Crippen LogP contribution in [0.3, 0.4) is 0 Å². The van der Waals surface area contributed by atoms with E-state index in [1.54, 1.807) is 0 Å². The fraction of sp³-hybridized carbons (Fsp3) is 0.0435. The van der Waals surface area contributed by atoms with Crippen molar-refractivity contribution < 1.29 is 0 Å². The molecule has 0 saturated carbocycles. The molecule has 118 valence electrons. The van der Waals surface area contributed by atoms with Crippen LogP contribution in [0.1, 0.15) is 5.56 Å². The second-order valence-electron chi connectivity index (χ2n) is 6.92. The first-order valence-electron chi connectivity index (χ1n) is 8.64. The zero-order valence-electron chi connectivity index (χ0n) is 13.9. The lowest BCUT2D eigenvalue weighted by Crippen LogP contribution is -1.78. The minimum atomic E-state index is 1.19. The summed E-state index contributed by atoms with van der Waals surface area (Å²) in [6.07, 6.45) is 0. The molecule has 0 aliphatic heterocycles. The third kappa shape index (κ3) is 1.64. The summed E-state index contributed by atoms with van der Waals surface area (Å²) in [7, 11) is 0. The Balaban J connectivity index is 1.84. The second kappa shape index (κ2) is 4.42. The Morgan fingerprint density at radius 3 is 1.80 bits per heavy atom. The van der Waals surface area contributed by atoms with E-state index < -0.39 is 0 Å². The first kappa shape index (κ1) is 13.1. The van der Waals surface area contributed by atoms with Gasteiger partial charge >= 0.3 is 0 Å². The van der Waals surface area contributed by atoms with Crippen LogP contribution in [0, 0.1) is 6.92 Å². The van der Waals surface area contributed by atoms with E-state index in [1.807, 2.05) is 0 Å². The molecule has 0 amide bonds. The van der Waals surface area contributed by atoms with Gasteiger partial charge in [-0.05, 0) is 25.1 Å². The van der Waals surface area contributed by atoms with Crippen LogP contribution < -0.4 is 0 Å². The van der Waals surface area contributed by atoms with Crippen molar-refractivity contribution in [3.8, 4) is 0 Å². The zero-order chi connectivity index (χ0) is 16.5. The van der Waals surface area contributed by atoms with Gasteiger partial charge in [-0.15, -0.1) is 0 Å². The van der Waals surface area contributed by atoms with Gasteiger partial charge in [0, 0.05) is 43.4 Å². The summed E-state index contributed by atoms with van der Waals surface area (Å²) >= 11 is 0. The minimum Gasteiger partial charge on any atom is -0.354 e. The van der Waals surface area contributed by atoms with E-state index in [1.165, 1.54) is 59.9 Å². The Bertz CT molecular complexity index is 1450. The van der Waals surface area contributed by atoms with Gasteiger partial charge in [0.05, 0.1) is 11.0 Å². The van der Waals surface area contributed by atoms with E-state index in [9.17, 15) is 0 Å². The van der Waals surface area contributed by atoms with E-state index in [0.717, 1.165) is 0 Å². The molecule has 6 aromatic rings. The van der Waals surface area contributed by atoms with E-state index in [2.05, 4.69) is 83.6 Å². The molecule has 0 unspecified atom stereocenters. The van der Waals surface area contributed by atoms with Gasteiger partial charge in [-0.1, -0.05) is 54.1 Å².